The smallest absolute Gasteiger partial charge is 0.255 e. The second kappa shape index (κ2) is 8.42. The maximum Gasteiger partial charge on any atom is 0.255 e. The summed E-state index contributed by atoms with van der Waals surface area (Å²) in [6, 6.07) is 6.05. The molecule has 1 aromatic carbocycles. The molecule has 3 nitrogen and oxygen atoms in total. The monoisotopic (exact) mass is 341 g/mol. The zero-order chi connectivity index (χ0) is 15.1. The van der Waals surface area contributed by atoms with E-state index in [-0.39, 0.29) is 11.9 Å². The van der Waals surface area contributed by atoms with Crippen LogP contribution in [0.5, 0.6) is 0 Å². The number of carbonyl (C=O) groups is 1. The Hall–Kier alpha value is -0.870. The van der Waals surface area contributed by atoms with Gasteiger partial charge in [0.25, 0.3) is 5.91 Å². The third-order valence-electron chi connectivity index (χ3n) is 3.60. The van der Waals surface area contributed by atoms with E-state index in [9.17, 15) is 4.79 Å². The van der Waals surface area contributed by atoms with Crippen LogP contribution in [-0.2, 0) is 4.74 Å². The van der Waals surface area contributed by atoms with Crippen LogP contribution in [0.25, 0.3) is 0 Å². The standard InChI is InChI=1S/C16H24BrNO2/c1-5-13(6-2)18(10-11-20-4)16(19)14-9-7-8-12(3)15(14)17/h7-9,13H,5-6,10-11H2,1-4H3. The van der Waals surface area contributed by atoms with Crippen LogP contribution in [0, 0.1) is 6.92 Å². The SMILES string of the molecule is CCC(CC)N(CCOC)C(=O)c1cccc(C)c1Br. The second-order valence-corrected chi connectivity index (χ2v) is 5.69. The van der Waals surface area contributed by atoms with Gasteiger partial charge in [-0.3, -0.25) is 4.79 Å². The van der Waals surface area contributed by atoms with E-state index < -0.39 is 0 Å². The molecule has 0 heterocycles. The third-order valence-corrected chi connectivity index (χ3v) is 4.66. The minimum atomic E-state index is 0.0753. The zero-order valence-electron chi connectivity index (χ0n) is 12.8. The molecule has 0 fully saturated rings. The molecule has 0 N–H and O–H groups in total. The molecular weight excluding hydrogens is 318 g/mol. The average Bonchev–Trinajstić information content (AvgIpc) is 2.45. The fourth-order valence-corrected chi connectivity index (χ4v) is 2.77. The number of rotatable bonds is 7. The number of halogens is 1. The first kappa shape index (κ1) is 17.2. The molecule has 0 saturated carbocycles. The van der Waals surface area contributed by atoms with E-state index in [1.165, 1.54) is 0 Å². The predicted octanol–water partition coefficient (Wildman–Crippen LogP) is 4.03. The molecule has 0 radical (unpaired) electrons. The molecule has 0 spiro atoms. The molecule has 0 aliphatic carbocycles. The van der Waals surface area contributed by atoms with E-state index in [1.54, 1.807) is 7.11 Å². The highest BCUT2D eigenvalue weighted by Gasteiger charge is 2.23. The molecule has 0 unspecified atom stereocenters. The fourth-order valence-electron chi connectivity index (χ4n) is 2.34. The summed E-state index contributed by atoms with van der Waals surface area (Å²) in [4.78, 5) is 14.8. The number of methoxy groups -OCH3 is 1. The summed E-state index contributed by atoms with van der Waals surface area (Å²) in [5, 5.41) is 0. The number of nitrogens with zero attached hydrogens (tertiary/aromatic N) is 1. The van der Waals surface area contributed by atoms with Crippen molar-refractivity contribution in [3.8, 4) is 0 Å². The van der Waals surface area contributed by atoms with Crippen LogP contribution in [0.1, 0.15) is 42.6 Å². The van der Waals surface area contributed by atoms with Crippen molar-refractivity contribution in [2.24, 2.45) is 0 Å². The minimum Gasteiger partial charge on any atom is -0.383 e. The Morgan fingerprint density at radius 3 is 2.55 bits per heavy atom. The molecule has 0 aliphatic rings. The van der Waals surface area contributed by atoms with Crippen molar-refractivity contribution in [2.75, 3.05) is 20.3 Å². The Morgan fingerprint density at radius 1 is 1.35 bits per heavy atom. The Bertz CT molecular complexity index is 444. The van der Waals surface area contributed by atoms with Gasteiger partial charge < -0.3 is 9.64 Å². The van der Waals surface area contributed by atoms with Crippen LogP contribution in [-0.4, -0.2) is 37.1 Å². The second-order valence-electron chi connectivity index (χ2n) is 4.90. The van der Waals surface area contributed by atoms with E-state index >= 15 is 0 Å². The normalized spacial score (nSPS) is 10.9. The van der Waals surface area contributed by atoms with E-state index in [1.807, 2.05) is 30.0 Å². The van der Waals surface area contributed by atoms with Crippen molar-refractivity contribution in [3.63, 3.8) is 0 Å². The number of ether oxygens (including phenoxy) is 1. The van der Waals surface area contributed by atoms with Crippen molar-refractivity contribution >= 4 is 21.8 Å². The van der Waals surface area contributed by atoms with Gasteiger partial charge in [-0.2, -0.15) is 0 Å². The van der Waals surface area contributed by atoms with Crippen LogP contribution in [0.15, 0.2) is 22.7 Å². The maximum atomic E-state index is 12.8. The Kier molecular flexibility index (Phi) is 7.24. The van der Waals surface area contributed by atoms with Crippen LogP contribution in [0.3, 0.4) is 0 Å². The van der Waals surface area contributed by atoms with Gasteiger partial charge in [-0.15, -0.1) is 0 Å². The van der Waals surface area contributed by atoms with E-state index in [2.05, 4.69) is 29.8 Å². The van der Waals surface area contributed by atoms with Crippen LogP contribution in [0.4, 0.5) is 0 Å². The molecule has 4 heteroatoms. The molecule has 0 atom stereocenters. The Morgan fingerprint density at radius 2 is 2.00 bits per heavy atom. The molecule has 0 bridgehead atoms. The number of benzene rings is 1. The summed E-state index contributed by atoms with van der Waals surface area (Å²) in [7, 11) is 1.66. The first-order valence-electron chi connectivity index (χ1n) is 7.11. The number of hydrogen-bond acceptors (Lipinski definition) is 2. The summed E-state index contributed by atoms with van der Waals surface area (Å²) < 4.78 is 6.03. The van der Waals surface area contributed by atoms with Crippen LogP contribution >= 0.6 is 15.9 Å². The summed E-state index contributed by atoms with van der Waals surface area (Å²) >= 11 is 3.53. The fraction of sp³-hybridized carbons (Fsp3) is 0.562. The molecule has 1 amide bonds. The Labute approximate surface area is 130 Å². The highest BCUT2D eigenvalue weighted by molar-refractivity contribution is 9.10. The van der Waals surface area contributed by atoms with Gasteiger partial charge in [0.2, 0.25) is 0 Å². The number of carbonyl (C=O) groups excluding carboxylic acids is 1. The topological polar surface area (TPSA) is 29.5 Å². The molecule has 1 rings (SSSR count). The quantitative estimate of drug-likeness (QED) is 0.749. The molecule has 0 aromatic heterocycles. The van der Waals surface area contributed by atoms with Gasteiger partial charge in [0.1, 0.15) is 0 Å². The summed E-state index contributed by atoms with van der Waals surface area (Å²) in [5.74, 6) is 0.0753. The summed E-state index contributed by atoms with van der Waals surface area (Å²) in [6.45, 7) is 7.42. The molecule has 0 aliphatic heterocycles. The van der Waals surface area contributed by atoms with Gasteiger partial charge in [-0.05, 0) is 47.3 Å². The van der Waals surface area contributed by atoms with E-state index in [4.69, 9.17) is 4.74 Å². The van der Waals surface area contributed by atoms with Gasteiger partial charge in [0, 0.05) is 24.2 Å². The maximum absolute atomic E-state index is 12.8. The van der Waals surface area contributed by atoms with Gasteiger partial charge >= 0.3 is 0 Å². The number of aryl methyl sites for hydroxylation is 1. The highest BCUT2D eigenvalue weighted by atomic mass is 79.9. The van der Waals surface area contributed by atoms with E-state index in [0.717, 1.165) is 28.4 Å². The molecule has 20 heavy (non-hydrogen) atoms. The van der Waals surface area contributed by atoms with Crippen molar-refractivity contribution in [1.82, 2.24) is 4.90 Å². The van der Waals surface area contributed by atoms with Crippen molar-refractivity contribution in [3.05, 3.63) is 33.8 Å². The largest absolute Gasteiger partial charge is 0.383 e. The minimum absolute atomic E-state index is 0.0753. The lowest BCUT2D eigenvalue weighted by atomic mass is 10.1. The lowest BCUT2D eigenvalue weighted by Crippen LogP contribution is -2.42. The third kappa shape index (κ3) is 4.06. The first-order valence-corrected chi connectivity index (χ1v) is 7.91. The molecule has 1 aromatic rings. The predicted molar refractivity (Wildman–Crippen MR) is 86.2 cm³/mol. The summed E-state index contributed by atoms with van der Waals surface area (Å²) in [6.07, 6.45) is 1.91. The first-order chi connectivity index (χ1) is 9.56. The number of hydrogen-bond donors (Lipinski definition) is 0. The Balaban J connectivity index is 3.05. The highest BCUT2D eigenvalue weighted by Crippen LogP contribution is 2.24. The number of amides is 1. The van der Waals surface area contributed by atoms with Gasteiger partial charge in [0.15, 0.2) is 0 Å². The van der Waals surface area contributed by atoms with Crippen molar-refractivity contribution in [1.29, 1.82) is 0 Å². The van der Waals surface area contributed by atoms with Gasteiger partial charge in [0.05, 0.1) is 12.2 Å². The molecule has 0 saturated heterocycles. The lowest BCUT2D eigenvalue weighted by molar-refractivity contribution is 0.0588. The lowest BCUT2D eigenvalue weighted by Gasteiger charge is -2.31. The molecular formula is C16H24BrNO2. The van der Waals surface area contributed by atoms with Crippen LogP contribution < -0.4 is 0 Å². The molecule has 112 valence electrons. The van der Waals surface area contributed by atoms with E-state index in [0.29, 0.717) is 13.2 Å². The van der Waals surface area contributed by atoms with Crippen molar-refractivity contribution in [2.45, 2.75) is 39.7 Å². The van der Waals surface area contributed by atoms with Crippen LogP contribution in [0.2, 0.25) is 0 Å². The summed E-state index contributed by atoms with van der Waals surface area (Å²) in [5.41, 5.74) is 1.81. The van der Waals surface area contributed by atoms with Gasteiger partial charge in [-0.1, -0.05) is 26.0 Å². The van der Waals surface area contributed by atoms with Gasteiger partial charge in [-0.25, -0.2) is 0 Å². The average molecular weight is 342 g/mol. The zero-order valence-corrected chi connectivity index (χ0v) is 14.4. The van der Waals surface area contributed by atoms with Crippen molar-refractivity contribution < 1.29 is 9.53 Å².